The summed E-state index contributed by atoms with van der Waals surface area (Å²) in [6.45, 7) is 10.4. The summed E-state index contributed by atoms with van der Waals surface area (Å²) in [4.78, 5) is 27.6. The number of aliphatic imine (C=N–C) groups is 2. The number of rotatable bonds is 10. The summed E-state index contributed by atoms with van der Waals surface area (Å²) in [5, 5.41) is 39.2. The summed E-state index contributed by atoms with van der Waals surface area (Å²) in [5.74, 6) is -1.46. The maximum absolute atomic E-state index is 10.7. The zero-order valence-electron chi connectivity index (χ0n) is 26.4. The number of carboxylic acids is 2. The van der Waals surface area contributed by atoms with Gasteiger partial charge in [0.15, 0.2) is 0 Å². The molecule has 239 valence electrons. The summed E-state index contributed by atoms with van der Waals surface area (Å²) >= 11 is 0. The van der Waals surface area contributed by atoms with Crippen molar-refractivity contribution in [2.24, 2.45) is 9.98 Å². The predicted molar refractivity (Wildman–Crippen MR) is 166 cm³/mol. The number of benzene rings is 2. The fourth-order valence-electron chi connectivity index (χ4n) is 4.97. The molecule has 2 atom stereocenters. The zero-order valence-corrected chi connectivity index (χ0v) is 27.5. The quantitative estimate of drug-likeness (QED) is 0.367. The van der Waals surface area contributed by atoms with Crippen LogP contribution in [0.15, 0.2) is 34.3 Å². The first kappa shape index (κ1) is 39.8. The topological polar surface area (TPSA) is 145 Å². The fraction of sp³-hybridized carbons (Fsp3) is 0.529. The van der Waals surface area contributed by atoms with Crippen LogP contribution in [0.5, 0.6) is 11.5 Å². The first-order valence-corrected chi connectivity index (χ1v) is 15.1. The number of phenols is 2. The van der Waals surface area contributed by atoms with Gasteiger partial charge >= 0.3 is 16.8 Å². The molecule has 0 saturated heterocycles. The SMILES string of the molecule is CC(=O)[O-].CC(=O)[O-].CCCc1cc(C=NC2CCCCC2N=Cc2cc(CCC)cc(CC)c2O)c(O)c(CC)c1.[Co+2]. The van der Waals surface area contributed by atoms with Gasteiger partial charge in [0.1, 0.15) is 11.5 Å². The van der Waals surface area contributed by atoms with E-state index in [0.717, 1.165) is 100 Å². The molecule has 2 unspecified atom stereocenters. The number of aromatic hydroxyl groups is 2. The van der Waals surface area contributed by atoms with Gasteiger partial charge in [-0.1, -0.05) is 65.5 Å². The third kappa shape index (κ3) is 14.7. The zero-order chi connectivity index (χ0) is 31.7. The maximum atomic E-state index is 10.7. The average Bonchev–Trinajstić information content (AvgIpc) is 2.93. The molecule has 3 rings (SSSR count). The van der Waals surface area contributed by atoms with E-state index >= 15 is 0 Å². The molecule has 43 heavy (non-hydrogen) atoms. The van der Waals surface area contributed by atoms with Crippen LogP contribution in [0.4, 0.5) is 0 Å². The molecule has 0 aromatic heterocycles. The van der Waals surface area contributed by atoms with Crippen LogP contribution in [-0.2, 0) is 52.1 Å². The number of carbonyl (C=O) groups is 2. The van der Waals surface area contributed by atoms with Crippen LogP contribution in [0.25, 0.3) is 0 Å². The number of nitrogens with zero attached hydrogens (tertiary/aromatic N) is 2. The molecular weight excluding hydrogens is 591 g/mol. The third-order valence-electron chi connectivity index (χ3n) is 6.90. The van der Waals surface area contributed by atoms with Crippen molar-refractivity contribution in [2.75, 3.05) is 0 Å². The van der Waals surface area contributed by atoms with Gasteiger partial charge in [-0.25, -0.2) is 0 Å². The second kappa shape index (κ2) is 21.5. The largest absolute Gasteiger partial charge is 2.00 e. The van der Waals surface area contributed by atoms with Crippen molar-refractivity contribution in [2.45, 2.75) is 118 Å². The number of hydrogen-bond donors (Lipinski definition) is 2. The number of phenolic OH excluding ortho intramolecular Hbond substituents is 2. The summed E-state index contributed by atoms with van der Waals surface area (Å²) in [6, 6.07) is 8.58. The van der Waals surface area contributed by atoms with E-state index in [0.29, 0.717) is 11.5 Å². The first-order chi connectivity index (χ1) is 20.0. The Morgan fingerprint density at radius 3 is 1.35 bits per heavy atom. The smallest absolute Gasteiger partial charge is 0.550 e. The van der Waals surface area contributed by atoms with Gasteiger partial charge < -0.3 is 30.0 Å². The van der Waals surface area contributed by atoms with E-state index in [9.17, 15) is 10.2 Å². The normalized spacial score (nSPS) is 16.0. The molecular formula is C34H48CoN2O6. The second-order valence-corrected chi connectivity index (χ2v) is 10.6. The Morgan fingerprint density at radius 2 is 1.07 bits per heavy atom. The summed E-state index contributed by atoms with van der Waals surface area (Å²) in [7, 11) is 0. The molecule has 0 bridgehead atoms. The van der Waals surface area contributed by atoms with Crippen molar-refractivity contribution in [1.29, 1.82) is 0 Å². The minimum atomic E-state index is -1.08. The van der Waals surface area contributed by atoms with Gasteiger partial charge in [0.05, 0.1) is 12.1 Å². The van der Waals surface area contributed by atoms with Crippen LogP contribution in [0, 0.1) is 0 Å². The average molecular weight is 640 g/mol. The summed E-state index contributed by atoms with van der Waals surface area (Å²) < 4.78 is 0. The number of carbonyl (C=O) groups excluding carboxylic acids is 2. The molecule has 1 aliphatic carbocycles. The van der Waals surface area contributed by atoms with Crippen LogP contribution in [0.2, 0.25) is 0 Å². The summed E-state index contributed by atoms with van der Waals surface area (Å²) in [6.07, 6.45) is 13.8. The molecule has 2 aromatic rings. The van der Waals surface area contributed by atoms with Crippen LogP contribution in [0.3, 0.4) is 0 Å². The van der Waals surface area contributed by atoms with Gasteiger partial charge in [-0.05, 0) is 86.8 Å². The maximum Gasteiger partial charge on any atom is 2.00 e. The Balaban J connectivity index is 0.00000174. The fourth-order valence-corrected chi connectivity index (χ4v) is 4.97. The van der Waals surface area contributed by atoms with E-state index in [4.69, 9.17) is 29.8 Å². The van der Waals surface area contributed by atoms with Crippen molar-refractivity contribution in [3.05, 3.63) is 57.6 Å². The van der Waals surface area contributed by atoms with E-state index in [1.807, 2.05) is 12.4 Å². The Kier molecular flexibility index (Phi) is 19.9. The Bertz CT molecular complexity index is 1110. The molecule has 1 radical (unpaired) electrons. The van der Waals surface area contributed by atoms with Crippen molar-refractivity contribution >= 4 is 24.4 Å². The number of hydrogen-bond acceptors (Lipinski definition) is 8. The van der Waals surface area contributed by atoms with Crippen molar-refractivity contribution < 1.29 is 46.8 Å². The van der Waals surface area contributed by atoms with Crippen molar-refractivity contribution in [3.63, 3.8) is 0 Å². The van der Waals surface area contributed by atoms with Gasteiger partial charge in [0, 0.05) is 35.5 Å². The molecule has 1 fully saturated rings. The number of aryl methyl sites for hydroxylation is 4. The Hall–Kier alpha value is -3.17. The second-order valence-electron chi connectivity index (χ2n) is 10.6. The van der Waals surface area contributed by atoms with Crippen LogP contribution in [0.1, 0.15) is 113 Å². The van der Waals surface area contributed by atoms with Crippen LogP contribution in [-0.4, -0.2) is 46.7 Å². The van der Waals surface area contributed by atoms with E-state index in [1.54, 1.807) is 0 Å². The molecule has 0 heterocycles. The molecule has 0 spiro atoms. The molecule has 0 aliphatic heterocycles. The van der Waals surface area contributed by atoms with Gasteiger partial charge in [0.2, 0.25) is 0 Å². The van der Waals surface area contributed by atoms with Gasteiger partial charge in [-0.3, -0.25) is 9.98 Å². The number of aliphatic carboxylic acids is 2. The first-order valence-electron chi connectivity index (χ1n) is 15.1. The molecule has 8 nitrogen and oxygen atoms in total. The van der Waals surface area contributed by atoms with Crippen molar-refractivity contribution in [1.82, 2.24) is 0 Å². The molecule has 0 amide bonds. The van der Waals surface area contributed by atoms with E-state index < -0.39 is 11.9 Å². The number of carboxylic acid groups (broad SMARTS) is 2. The van der Waals surface area contributed by atoms with Crippen LogP contribution >= 0.6 is 0 Å². The predicted octanol–water partition coefficient (Wildman–Crippen LogP) is 4.49. The molecule has 2 N–H and O–H groups in total. The standard InChI is InChI=1S/C30H42N2O2.2C2H4O2.Co/c1-5-11-21-15-23(7-3)29(33)25(17-21)19-31-27-13-9-10-14-28(27)32-20-26-18-22(12-6-2)16-24(8-4)30(26)34;2*1-2(3)4;/h15-20,27-28,33-34H,5-14H2,1-4H3;2*1H3,(H,3,4);/q;;;+2/p-2. The van der Waals surface area contributed by atoms with Gasteiger partial charge in [-0.15, -0.1) is 0 Å². The Labute approximate surface area is 267 Å². The van der Waals surface area contributed by atoms with E-state index in [1.165, 1.54) is 11.1 Å². The van der Waals surface area contributed by atoms with Gasteiger partial charge in [-0.2, -0.15) is 0 Å². The summed E-state index contributed by atoms with van der Waals surface area (Å²) in [5.41, 5.74) is 6.11. The monoisotopic (exact) mass is 639 g/mol. The van der Waals surface area contributed by atoms with E-state index in [-0.39, 0.29) is 28.9 Å². The molecule has 1 saturated carbocycles. The minimum Gasteiger partial charge on any atom is -0.550 e. The molecule has 1 aliphatic rings. The third-order valence-corrected chi connectivity index (χ3v) is 6.90. The molecule has 2 aromatic carbocycles. The minimum absolute atomic E-state index is 0. The van der Waals surface area contributed by atoms with Crippen molar-refractivity contribution in [3.8, 4) is 11.5 Å². The van der Waals surface area contributed by atoms with Crippen LogP contribution < -0.4 is 10.2 Å². The van der Waals surface area contributed by atoms with E-state index in [2.05, 4.69) is 52.0 Å². The van der Waals surface area contributed by atoms with Gasteiger partial charge in [0.25, 0.3) is 0 Å². The molecule has 9 heteroatoms. The Morgan fingerprint density at radius 1 is 0.744 bits per heavy atom.